The molecule has 1 heterocycles. The highest BCUT2D eigenvalue weighted by atomic mass is 35.5. The lowest BCUT2D eigenvalue weighted by atomic mass is 10.2. The summed E-state index contributed by atoms with van der Waals surface area (Å²) in [5.41, 5.74) is 0.0313. The standard InChI is InChI=1S/C19H23ClN4O6S/c1-5-30-18(26)9-14-15(20)10-21-24(19(14)27)11-17(25)22-13-7-6-12(2)16(8-13)31(28,29)23(3)4/h6-8,10H,5,9,11H2,1-4H3,(H,22,25). The van der Waals surface area contributed by atoms with Crippen LogP contribution in [0.5, 0.6) is 0 Å². The van der Waals surface area contributed by atoms with E-state index in [-0.39, 0.29) is 34.2 Å². The minimum atomic E-state index is -3.70. The molecule has 0 unspecified atom stereocenters. The summed E-state index contributed by atoms with van der Waals surface area (Å²) in [6, 6.07) is 4.45. The molecule has 0 aliphatic rings. The number of hydrogen-bond acceptors (Lipinski definition) is 7. The first kappa shape index (κ1) is 24.5. The molecular weight excluding hydrogens is 448 g/mol. The number of halogens is 1. The monoisotopic (exact) mass is 470 g/mol. The molecular formula is C19H23ClN4O6S. The van der Waals surface area contributed by atoms with Crippen LogP contribution in [-0.2, 0) is 37.3 Å². The molecule has 0 bridgehead atoms. The highest BCUT2D eigenvalue weighted by Crippen LogP contribution is 2.22. The lowest BCUT2D eigenvalue weighted by molar-refractivity contribution is -0.142. The molecule has 1 aromatic heterocycles. The molecule has 1 N–H and O–H groups in total. The number of sulfonamides is 1. The number of ether oxygens (including phenoxy) is 1. The summed E-state index contributed by atoms with van der Waals surface area (Å²) in [7, 11) is -0.884. The lowest BCUT2D eigenvalue weighted by Gasteiger charge is -2.15. The molecule has 31 heavy (non-hydrogen) atoms. The maximum Gasteiger partial charge on any atom is 0.310 e. The summed E-state index contributed by atoms with van der Waals surface area (Å²) < 4.78 is 31.6. The summed E-state index contributed by atoms with van der Waals surface area (Å²) in [5, 5.41) is 6.36. The van der Waals surface area contributed by atoms with E-state index < -0.39 is 34.0 Å². The topological polar surface area (TPSA) is 128 Å². The fourth-order valence-corrected chi connectivity index (χ4v) is 3.96. The van der Waals surface area contributed by atoms with Gasteiger partial charge < -0.3 is 10.1 Å². The normalized spacial score (nSPS) is 11.4. The van der Waals surface area contributed by atoms with E-state index in [4.69, 9.17) is 16.3 Å². The minimum Gasteiger partial charge on any atom is -0.466 e. The number of esters is 1. The lowest BCUT2D eigenvalue weighted by Crippen LogP contribution is -2.32. The third-order valence-corrected chi connectivity index (χ3v) is 6.52. The Morgan fingerprint density at radius 2 is 1.97 bits per heavy atom. The van der Waals surface area contributed by atoms with Crippen LogP contribution in [0.1, 0.15) is 18.1 Å². The summed E-state index contributed by atoms with van der Waals surface area (Å²) in [6.07, 6.45) is 0.817. The molecule has 2 rings (SSSR count). The third kappa shape index (κ3) is 5.90. The van der Waals surface area contributed by atoms with Crippen molar-refractivity contribution in [2.24, 2.45) is 0 Å². The minimum absolute atomic E-state index is 0.00761. The van der Waals surface area contributed by atoms with Gasteiger partial charge in [-0.3, -0.25) is 14.4 Å². The van der Waals surface area contributed by atoms with Gasteiger partial charge in [0.15, 0.2) is 0 Å². The second kappa shape index (κ2) is 10.0. The maximum absolute atomic E-state index is 12.6. The SMILES string of the molecule is CCOC(=O)Cc1c(Cl)cnn(CC(=O)Nc2ccc(C)c(S(=O)(=O)N(C)C)c2)c1=O. The second-order valence-corrected chi connectivity index (χ2v) is 9.26. The number of aryl methyl sites for hydroxylation is 1. The van der Waals surface area contributed by atoms with Gasteiger partial charge >= 0.3 is 5.97 Å². The maximum atomic E-state index is 12.6. The Labute approximate surface area is 184 Å². The van der Waals surface area contributed by atoms with Crippen LogP contribution in [0.3, 0.4) is 0 Å². The van der Waals surface area contributed by atoms with Gasteiger partial charge in [0.25, 0.3) is 5.56 Å². The Bertz CT molecular complexity index is 1160. The summed E-state index contributed by atoms with van der Waals surface area (Å²) in [4.78, 5) is 36.8. The highest BCUT2D eigenvalue weighted by molar-refractivity contribution is 7.89. The van der Waals surface area contributed by atoms with Crippen molar-refractivity contribution in [3.05, 3.63) is 50.9 Å². The van der Waals surface area contributed by atoms with Gasteiger partial charge in [-0.05, 0) is 31.5 Å². The molecule has 12 heteroatoms. The molecule has 1 amide bonds. The van der Waals surface area contributed by atoms with E-state index in [1.54, 1.807) is 26.0 Å². The number of nitrogens with zero attached hydrogens (tertiary/aromatic N) is 3. The van der Waals surface area contributed by atoms with Gasteiger partial charge in [-0.15, -0.1) is 0 Å². The molecule has 0 saturated heterocycles. The number of benzene rings is 1. The zero-order chi connectivity index (χ0) is 23.3. The molecule has 0 radical (unpaired) electrons. The number of amides is 1. The number of carbonyl (C=O) groups is 2. The van der Waals surface area contributed by atoms with Gasteiger partial charge in [-0.2, -0.15) is 5.10 Å². The van der Waals surface area contributed by atoms with E-state index in [1.165, 1.54) is 26.4 Å². The number of hydrogen-bond donors (Lipinski definition) is 1. The van der Waals surface area contributed by atoms with Gasteiger partial charge in [0, 0.05) is 19.8 Å². The highest BCUT2D eigenvalue weighted by Gasteiger charge is 2.21. The molecule has 0 aliphatic heterocycles. The van der Waals surface area contributed by atoms with E-state index in [0.717, 1.165) is 8.99 Å². The molecule has 0 atom stereocenters. The van der Waals surface area contributed by atoms with Crippen molar-refractivity contribution in [2.75, 3.05) is 26.0 Å². The van der Waals surface area contributed by atoms with E-state index in [9.17, 15) is 22.8 Å². The zero-order valence-corrected chi connectivity index (χ0v) is 19.1. The number of rotatable bonds is 8. The van der Waals surface area contributed by atoms with Crippen LogP contribution in [0.15, 0.2) is 34.1 Å². The number of aromatic nitrogens is 2. The van der Waals surface area contributed by atoms with Crippen LogP contribution >= 0.6 is 11.6 Å². The van der Waals surface area contributed by atoms with Gasteiger partial charge in [-0.25, -0.2) is 17.4 Å². The van der Waals surface area contributed by atoms with Crippen molar-refractivity contribution in [1.82, 2.24) is 14.1 Å². The number of nitrogens with one attached hydrogen (secondary N) is 1. The van der Waals surface area contributed by atoms with Crippen LogP contribution in [0.4, 0.5) is 5.69 Å². The summed E-state index contributed by atoms with van der Waals surface area (Å²) >= 11 is 5.97. The van der Waals surface area contributed by atoms with Crippen molar-refractivity contribution >= 4 is 39.2 Å². The number of carbonyl (C=O) groups excluding carboxylic acids is 2. The first-order valence-corrected chi connectivity index (χ1v) is 11.0. The molecule has 0 aliphatic carbocycles. The summed E-state index contributed by atoms with van der Waals surface area (Å²) in [5.74, 6) is -1.24. The molecule has 0 spiro atoms. The first-order valence-electron chi connectivity index (χ1n) is 9.20. The average molecular weight is 471 g/mol. The van der Waals surface area contributed by atoms with Crippen molar-refractivity contribution in [3.63, 3.8) is 0 Å². The fourth-order valence-electron chi connectivity index (χ4n) is 2.63. The second-order valence-electron chi connectivity index (χ2n) is 6.73. The predicted molar refractivity (Wildman–Crippen MR) is 115 cm³/mol. The Hall–Kier alpha value is -2.76. The predicted octanol–water partition coefficient (Wildman–Crippen LogP) is 1.20. The quantitative estimate of drug-likeness (QED) is 0.574. The van der Waals surface area contributed by atoms with Crippen molar-refractivity contribution in [1.29, 1.82) is 0 Å². The van der Waals surface area contributed by atoms with Gasteiger partial charge in [0.05, 0.1) is 34.7 Å². The zero-order valence-electron chi connectivity index (χ0n) is 17.5. The van der Waals surface area contributed by atoms with Gasteiger partial charge in [0.1, 0.15) is 6.54 Å². The van der Waals surface area contributed by atoms with E-state index in [0.29, 0.717) is 5.56 Å². The fraction of sp³-hybridized carbons (Fsp3) is 0.368. The van der Waals surface area contributed by atoms with Gasteiger partial charge in [0.2, 0.25) is 15.9 Å². The third-order valence-electron chi connectivity index (χ3n) is 4.24. The van der Waals surface area contributed by atoms with E-state index in [2.05, 4.69) is 10.4 Å². The van der Waals surface area contributed by atoms with Crippen molar-refractivity contribution < 1.29 is 22.7 Å². The van der Waals surface area contributed by atoms with Crippen molar-refractivity contribution in [2.45, 2.75) is 31.7 Å². The van der Waals surface area contributed by atoms with Gasteiger partial charge in [-0.1, -0.05) is 17.7 Å². The van der Waals surface area contributed by atoms with Crippen LogP contribution in [0, 0.1) is 6.92 Å². The average Bonchev–Trinajstić information content (AvgIpc) is 2.69. The molecule has 1 aromatic carbocycles. The largest absolute Gasteiger partial charge is 0.466 e. The smallest absolute Gasteiger partial charge is 0.310 e. The summed E-state index contributed by atoms with van der Waals surface area (Å²) in [6.45, 7) is 2.97. The van der Waals surface area contributed by atoms with E-state index in [1.807, 2.05) is 0 Å². The molecule has 2 aromatic rings. The van der Waals surface area contributed by atoms with Crippen LogP contribution < -0.4 is 10.9 Å². The first-order chi connectivity index (χ1) is 14.5. The number of anilines is 1. The molecule has 168 valence electrons. The van der Waals surface area contributed by atoms with Crippen LogP contribution in [-0.4, -0.2) is 55.1 Å². The Morgan fingerprint density at radius 1 is 1.29 bits per heavy atom. The van der Waals surface area contributed by atoms with Crippen LogP contribution in [0.25, 0.3) is 0 Å². The van der Waals surface area contributed by atoms with E-state index >= 15 is 0 Å². The Morgan fingerprint density at radius 3 is 2.58 bits per heavy atom. The van der Waals surface area contributed by atoms with Crippen LogP contribution in [0.2, 0.25) is 5.02 Å². The molecule has 0 saturated carbocycles. The molecule has 10 nitrogen and oxygen atoms in total. The van der Waals surface area contributed by atoms with Crippen molar-refractivity contribution in [3.8, 4) is 0 Å². The Balaban J connectivity index is 2.24. The molecule has 0 fully saturated rings. The Kier molecular flexibility index (Phi) is 7.93.